The summed E-state index contributed by atoms with van der Waals surface area (Å²) in [6.07, 6.45) is 0. The first-order chi connectivity index (χ1) is 9.10. The fraction of sp³-hybridized carbons (Fsp3) is 0. The molecule has 0 radical (unpaired) electrons. The molecular weight excluding hydrogens is 242 g/mol. The van der Waals surface area contributed by atoms with Gasteiger partial charge >= 0.3 is 0 Å². The van der Waals surface area contributed by atoms with Crippen LogP contribution in [0.1, 0.15) is 15.9 Å². The van der Waals surface area contributed by atoms with Crippen molar-refractivity contribution in [1.82, 2.24) is 0 Å². The van der Waals surface area contributed by atoms with Crippen molar-refractivity contribution in [3.05, 3.63) is 53.6 Å². The Labute approximate surface area is 109 Å². The van der Waals surface area contributed by atoms with Crippen LogP contribution in [0.15, 0.2) is 42.5 Å². The third-order valence-electron chi connectivity index (χ3n) is 2.54. The van der Waals surface area contributed by atoms with Gasteiger partial charge in [-0.15, -0.1) is 0 Å². The number of carbonyl (C=O) groups is 1. The zero-order chi connectivity index (χ0) is 13.8. The summed E-state index contributed by atoms with van der Waals surface area (Å²) >= 11 is 0. The number of carbonyl (C=O) groups excluding carboxylic acids is 1. The van der Waals surface area contributed by atoms with Crippen LogP contribution in [0, 0.1) is 11.3 Å². The fourth-order valence-electron chi connectivity index (χ4n) is 1.57. The summed E-state index contributed by atoms with van der Waals surface area (Å²) in [6.45, 7) is 0. The Kier molecular flexibility index (Phi) is 3.35. The van der Waals surface area contributed by atoms with E-state index in [2.05, 4.69) is 5.32 Å². The highest BCUT2D eigenvalue weighted by Crippen LogP contribution is 2.21. The number of nitrogen functional groups attached to an aromatic ring is 1. The van der Waals surface area contributed by atoms with Crippen LogP contribution in [-0.4, -0.2) is 11.0 Å². The van der Waals surface area contributed by atoms with Crippen molar-refractivity contribution >= 4 is 17.3 Å². The molecule has 5 heteroatoms. The normalized spacial score (nSPS) is 9.63. The van der Waals surface area contributed by atoms with E-state index in [1.54, 1.807) is 24.3 Å². The second-order valence-corrected chi connectivity index (χ2v) is 3.92. The number of nitrogens with two attached hydrogens (primary N) is 1. The van der Waals surface area contributed by atoms with Gasteiger partial charge in [-0.05, 0) is 36.4 Å². The molecule has 0 heterocycles. The highest BCUT2D eigenvalue weighted by molar-refractivity contribution is 6.05. The largest absolute Gasteiger partial charge is 0.506 e. The van der Waals surface area contributed by atoms with E-state index in [1.165, 1.54) is 18.2 Å². The highest BCUT2D eigenvalue weighted by atomic mass is 16.3. The smallest absolute Gasteiger partial charge is 0.255 e. The second-order valence-electron chi connectivity index (χ2n) is 3.92. The number of hydrogen-bond acceptors (Lipinski definition) is 4. The van der Waals surface area contributed by atoms with E-state index < -0.39 is 0 Å². The zero-order valence-corrected chi connectivity index (χ0v) is 9.92. The van der Waals surface area contributed by atoms with Crippen molar-refractivity contribution in [3.8, 4) is 11.8 Å². The van der Waals surface area contributed by atoms with E-state index in [-0.39, 0.29) is 17.3 Å². The van der Waals surface area contributed by atoms with Gasteiger partial charge in [-0.2, -0.15) is 5.26 Å². The first kappa shape index (κ1) is 12.5. The average Bonchev–Trinajstić information content (AvgIpc) is 2.42. The van der Waals surface area contributed by atoms with Gasteiger partial charge in [0.05, 0.1) is 17.3 Å². The Bertz CT molecular complexity index is 675. The molecular formula is C14H11N3O2. The number of nitrogens with one attached hydrogen (secondary N) is 1. The first-order valence-corrected chi connectivity index (χ1v) is 5.50. The second kappa shape index (κ2) is 5.10. The lowest BCUT2D eigenvalue weighted by atomic mass is 10.1. The SMILES string of the molecule is N#Cc1cccc(NC(=O)c2ccc(O)c(N)c2)c1. The number of nitriles is 1. The highest BCUT2D eigenvalue weighted by Gasteiger charge is 2.08. The summed E-state index contributed by atoms with van der Waals surface area (Å²) in [5, 5.41) is 20.7. The first-order valence-electron chi connectivity index (χ1n) is 5.50. The molecule has 0 unspecified atom stereocenters. The predicted octanol–water partition coefficient (Wildman–Crippen LogP) is 2.10. The molecule has 0 aromatic heterocycles. The maximum Gasteiger partial charge on any atom is 0.255 e. The molecule has 2 aromatic rings. The minimum absolute atomic E-state index is 0.0666. The molecule has 19 heavy (non-hydrogen) atoms. The van der Waals surface area contributed by atoms with Crippen LogP contribution in [0.3, 0.4) is 0 Å². The summed E-state index contributed by atoms with van der Waals surface area (Å²) in [6, 6.07) is 12.8. The van der Waals surface area contributed by atoms with Crippen LogP contribution < -0.4 is 11.1 Å². The number of nitrogens with zero attached hydrogens (tertiary/aromatic N) is 1. The van der Waals surface area contributed by atoms with E-state index in [4.69, 9.17) is 11.0 Å². The van der Waals surface area contributed by atoms with Crippen molar-refractivity contribution < 1.29 is 9.90 Å². The number of phenolic OH excluding ortho intramolecular Hbond substituents is 1. The molecule has 0 fully saturated rings. The summed E-state index contributed by atoms with van der Waals surface area (Å²) < 4.78 is 0. The van der Waals surface area contributed by atoms with Crippen LogP contribution in [0.4, 0.5) is 11.4 Å². The van der Waals surface area contributed by atoms with Crippen molar-refractivity contribution in [3.63, 3.8) is 0 Å². The average molecular weight is 253 g/mol. The Morgan fingerprint density at radius 1 is 1.26 bits per heavy atom. The number of benzene rings is 2. The molecule has 1 amide bonds. The van der Waals surface area contributed by atoms with Gasteiger partial charge in [0, 0.05) is 11.3 Å². The Balaban J connectivity index is 2.21. The number of aromatic hydroxyl groups is 1. The van der Waals surface area contributed by atoms with E-state index >= 15 is 0 Å². The summed E-state index contributed by atoms with van der Waals surface area (Å²) in [5.74, 6) is -0.426. The van der Waals surface area contributed by atoms with E-state index in [0.29, 0.717) is 16.8 Å². The molecule has 2 rings (SSSR count). The van der Waals surface area contributed by atoms with Crippen LogP contribution in [0.5, 0.6) is 5.75 Å². The fourth-order valence-corrected chi connectivity index (χ4v) is 1.57. The molecule has 0 atom stereocenters. The van der Waals surface area contributed by atoms with Crippen LogP contribution in [0.2, 0.25) is 0 Å². The quantitative estimate of drug-likeness (QED) is 0.563. The molecule has 0 spiro atoms. The van der Waals surface area contributed by atoms with Crippen LogP contribution in [0.25, 0.3) is 0 Å². The van der Waals surface area contributed by atoms with E-state index in [9.17, 15) is 9.90 Å². The molecule has 0 aliphatic heterocycles. The Morgan fingerprint density at radius 2 is 2.05 bits per heavy atom. The number of amides is 1. The molecule has 0 aliphatic rings. The van der Waals surface area contributed by atoms with Crippen molar-refractivity contribution in [2.45, 2.75) is 0 Å². The lowest BCUT2D eigenvalue weighted by Gasteiger charge is -2.06. The van der Waals surface area contributed by atoms with E-state index in [1.807, 2.05) is 6.07 Å². The van der Waals surface area contributed by atoms with Crippen LogP contribution >= 0.6 is 0 Å². The minimum atomic E-state index is -0.359. The van der Waals surface area contributed by atoms with Gasteiger partial charge in [0.2, 0.25) is 0 Å². The predicted molar refractivity (Wildman–Crippen MR) is 71.6 cm³/mol. The number of anilines is 2. The van der Waals surface area contributed by atoms with Gasteiger partial charge in [-0.3, -0.25) is 4.79 Å². The van der Waals surface area contributed by atoms with Gasteiger partial charge < -0.3 is 16.2 Å². The van der Waals surface area contributed by atoms with Gasteiger partial charge in [0.1, 0.15) is 5.75 Å². The molecule has 0 saturated heterocycles. The summed E-state index contributed by atoms with van der Waals surface area (Å²) in [7, 11) is 0. The standard InChI is InChI=1S/C14H11N3O2/c15-8-9-2-1-3-11(6-9)17-14(19)10-4-5-13(18)12(16)7-10/h1-7,18H,16H2,(H,17,19). The molecule has 0 aliphatic carbocycles. The molecule has 5 nitrogen and oxygen atoms in total. The van der Waals surface area contributed by atoms with Crippen LogP contribution in [-0.2, 0) is 0 Å². The molecule has 0 bridgehead atoms. The number of phenols is 1. The summed E-state index contributed by atoms with van der Waals surface area (Å²) in [5.41, 5.74) is 6.98. The molecule has 0 saturated carbocycles. The Morgan fingerprint density at radius 3 is 2.74 bits per heavy atom. The maximum atomic E-state index is 11.9. The summed E-state index contributed by atoms with van der Waals surface area (Å²) in [4.78, 5) is 11.9. The number of hydrogen-bond donors (Lipinski definition) is 3. The maximum absolute atomic E-state index is 11.9. The third-order valence-corrected chi connectivity index (χ3v) is 2.54. The van der Waals surface area contributed by atoms with Gasteiger partial charge in [0.15, 0.2) is 0 Å². The minimum Gasteiger partial charge on any atom is -0.506 e. The van der Waals surface area contributed by atoms with Gasteiger partial charge in [-0.1, -0.05) is 6.07 Å². The van der Waals surface area contributed by atoms with E-state index in [0.717, 1.165) is 0 Å². The molecule has 4 N–H and O–H groups in total. The number of rotatable bonds is 2. The van der Waals surface area contributed by atoms with Gasteiger partial charge in [0.25, 0.3) is 5.91 Å². The topological polar surface area (TPSA) is 99.1 Å². The lowest BCUT2D eigenvalue weighted by molar-refractivity contribution is 0.102. The van der Waals surface area contributed by atoms with Crippen molar-refractivity contribution in [2.24, 2.45) is 0 Å². The third kappa shape index (κ3) is 2.82. The lowest BCUT2D eigenvalue weighted by Crippen LogP contribution is -2.12. The monoisotopic (exact) mass is 253 g/mol. The van der Waals surface area contributed by atoms with Crippen molar-refractivity contribution in [1.29, 1.82) is 5.26 Å². The van der Waals surface area contributed by atoms with Crippen molar-refractivity contribution in [2.75, 3.05) is 11.1 Å². The zero-order valence-electron chi connectivity index (χ0n) is 9.92. The van der Waals surface area contributed by atoms with Gasteiger partial charge in [-0.25, -0.2) is 0 Å². The Hall–Kier alpha value is -3.00. The molecule has 94 valence electrons. The molecule has 2 aromatic carbocycles.